The van der Waals surface area contributed by atoms with Crippen LogP contribution in [0.3, 0.4) is 0 Å². The molecule has 0 atom stereocenters. The molecule has 1 aromatic carbocycles. The van der Waals surface area contributed by atoms with Gasteiger partial charge in [0.2, 0.25) is 0 Å². The van der Waals surface area contributed by atoms with Gasteiger partial charge in [0.25, 0.3) is 5.69 Å². The van der Waals surface area contributed by atoms with Crippen molar-refractivity contribution < 1.29 is 19.6 Å². The minimum atomic E-state index is -1.09. The number of nitro groups is 1. The highest BCUT2D eigenvalue weighted by molar-refractivity contribution is 5.87. The minimum absolute atomic E-state index is 0.0683. The van der Waals surface area contributed by atoms with Crippen molar-refractivity contribution in [1.82, 2.24) is 0 Å². The fourth-order valence-electron chi connectivity index (χ4n) is 2.48. The number of benzene rings is 1. The van der Waals surface area contributed by atoms with E-state index in [4.69, 9.17) is 0 Å². The van der Waals surface area contributed by atoms with E-state index in [1.165, 1.54) is 24.3 Å². The van der Waals surface area contributed by atoms with Gasteiger partial charge in [-0.15, -0.1) is 0 Å². The Bertz CT molecular complexity index is 524. The second-order valence-electron chi connectivity index (χ2n) is 4.73. The maximum absolute atomic E-state index is 11.6. The predicted molar refractivity (Wildman–Crippen MR) is 65.9 cm³/mol. The van der Waals surface area contributed by atoms with Crippen molar-refractivity contribution in [2.45, 2.75) is 31.1 Å². The average Bonchev–Trinajstić information content (AvgIpc) is 2.39. The first-order valence-corrected chi connectivity index (χ1v) is 5.96. The lowest BCUT2D eigenvalue weighted by molar-refractivity contribution is -0.384. The van der Waals surface area contributed by atoms with E-state index >= 15 is 0 Å². The third-order valence-corrected chi connectivity index (χ3v) is 3.70. The number of carboxylic acid groups (broad SMARTS) is 1. The van der Waals surface area contributed by atoms with E-state index in [1.54, 1.807) is 0 Å². The van der Waals surface area contributed by atoms with Crippen LogP contribution < -0.4 is 0 Å². The smallest absolute Gasteiger partial charge is 0.314 e. The number of hydrogen-bond donors (Lipinski definition) is 1. The molecule has 1 fully saturated rings. The molecule has 1 saturated carbocycles. The standard InChI is InChI=1S/C13H13NO5/c15-11-5-7-13(8-6-11,12(16)17)9-1-3-10(4-2-9)14(18)19/h1-4H,5-8H2,(H,16,17). The van der Waals surface area contributed by atoms with Crippen molar-refractivity contribution in [1.29, 1.82) is 0 Å². The van der Waals surface area contributed by atoms with E-state index < -0.39 is 16.3 Å². The zero-order chi connectivity index (χ0) is 14.0. The molecule has 2 rings (SSSR count). The van der Waals surface area contributed by atoms with Crippen LogP contribution in [-0.4, -0.2) is 21.8 Å². The predicted octanol–water partition coefficient (Wildman–Crippen LogP) is 2.06. The van der Waals surface area contributed by atoms with Gasteiger partial charge in [-0.3, -0.25) is 19.7 Å². The van der Waals surface area contributed by atoms with Crippen LogP contribution in [0.5, 0.6) is 0 Å². The summed E-state index contributed by atoms with van der Waals surface area (Å²) in [5.41, 5.74) is -0.641. The first-order valence-electron chi connectivity index (χ1n) is 5.96. The van der Waals surface area contributed by atoms with Gasteiger partial charge < -0.3 is 5.11 Å². The SMILES string of the molecule is O=C1CCC(C(=O)O)(c2ccc([N+](=O)[O-])cc2)CC1. The summed E-state index contributed by atoms with van der Waals surface area (Å²) in [5.74, 6) is -0.910. The molecular formula is C13H13NO5. The molecule has 1 N–H and O–H groups in total. The van der Waals surface area contributed by atoms with Crippen LogP contribution in [0.15, 0.2) is 24.3 Å². The molecule has 0 bridgehead atoms. The summed E-state index contributed by atoms with van der Waals surface area (Å²) in [5, 5.41) is 20.1. The summed E-state index contributed by atoms with van der Waals surface area (Å²) in [7, 11) is 0. The molecule has 1 aliphatic rings. The van der Waals surface area contributed by atoms with Crippen LogP contribution in [0.25, 0.3) is 0 Å². The first-order chi connectivity index (χ1) is 8.95. The lowest BCUT2D eigenvalue weighted by Gasteiger charge is -2.32. The number of carboxylic acids is 1. The zero-order valence-corrected chi connectivity index (χ0v) is 10.2. The topological polar surface area (TPSA) is 97.5 Å². The van der Waals surface area contributed by atoms with Gasteiger partial charge in [-0.2, -0.15) is 0 Å². The van der Waals surface area contributed by atoms with Gasteiger partial charge in [0.15, 0.2) is 0 Å². The Kier molecular flexibility index (Phi) is 3.33. The molecule has 0 aromatic heterocycles. The van der Waals surface area contributed by atoms with Crippen molar-refractivity contribution in [2.24, 2.45) is 0 Å². The zero-order valence-electron chi connectivity index (χ0n) is 10.2. The normalized spacial score (nSPS) is 18.0. The number of carbonyl (C=O) groups is 2. The van der Waals surface area contributed by atoms with Gasteiger partial charge in [-0.1, -0.05) is 12.1 Å². The van der Waals surface area contributed by atoms with Gasteiger partial charge in [0.1, 0.15) is 5.78 Å². The van der Waals surface area contributed by atoms with E-state index in [2.05, 4.69) is 0 Å². The molecule has 19 heavy (non-hydrogen) atoms. The maximum atomic E-state index is 11.6. The van der Waals surface area contributed by atoms with Crippen molar-refractivity contribution in [2.75, 3.05) is 0 Å². The van der Waals surface area contributed by atoms with Gasteiger partial charge in [0.05, 0.1) is 10.3 Å². The second-order valence-corrected chi connectivity index (χ2v) is 4.73. The molecule has 0 unspecified atom stereocenters. The van der Waals surface area contributed by atoms with Crippen molar-refractivity contribution in [3.63, 3.8) is 0 Å². The molecule has 6 nitrogen and oxygen atoms in total. The number of hydrogen-bond acceptors (Lipinski definition) is 4. The van der Waals surface area contributed by atoms with Crippen LogP contribution >= 0.6 is 0 Å². The van der Waals surface area contributed by atoms with E-state index in [-0.39, 0.29) is 37.2 Å². The Morgan fingerprint density at radius 1 is 1.21 bits per heavy atom. The highest BCUT2D eigenvalue weighted by atomic mass is 16.6. The lowest BCUT2D eigenvalue weighted by atomic mass is 9.69. The Morgan fingerprint density at radius 2 is 1.74 bits per heavy atom. The Hall–Kier alpha value is -2.24. The fraction of sp³-hybridized carbons (Fsp3) is 0.385. The fourth-order valence-corrected chi connectivity index (χ4v) is 2.48. The number of nitrogens with zero attached hydrogens (tertiary/aromatic N) is 1. The molecule has 1 aliphatic carbocycles. The van der Waals surface area contributed by atoms with E-state index in [1.807, 2.05) is 0 Å². The minimum Gasteiger partial charge on any atom is -0.481 e. The quantitative estimate of drug-likeness (QED) is 0.664. The van der Waals surface area contributed by atoms with Gasteiger partial charge in [0, 0.05) is 25.0 Å². The Balaban J connectivity index is 2.37. The van der Waals surface area contributed by atoms with Gasteiger partial charge in [-0.25, -0.2) is 0 Å². The summed E-state index contributed by atoms with van der Waals surface area (Å²) < 4.78 is 0. The van der Waals surface area contributed by atoms with Gasteiger partial charge >= 0.3 is 5.97 Å². The molecule has 0 radical (unpaired) electrons. The second kappa shape index (κ2) is 4.79. The van der Waals surface area contributed by atoms with Crippen molar-refractivity contribution in [3.8, 4) is 0 Å². The molecule has 1 aromatic rings. The van der Waals surface area contributed by atoms with Crippen molar-refractivity contribution in [3.05, 3.63) is 39.9 Å². The number of non-ortho nitro benzene ring substituents is 1. The number of nitro benzene ring substituents is 1. The highest BCUT2D eigenvalue weighted by Crippen LogP contribution is 2.39. The summed E-state index contributed by atoms with van der Waals surface area (Å²) >= 11 is 0. The monoisotopic (exact) mass is 263 g/mol. The molecule has 0 aliphatic heterocycles. The largest absolute Gasteiger partial charge is 0.481 e. The Labute approximate surface area is 109 Å². The Morgan fingerprint density at radius 3 is 2.16 bits per heavy atom. The number of aliphatic carboxylic acids is 1. The average molecular weight is 263 g/mol. The molecule has 0 heterocycles. The molecular weight excluding hydrogens is 250 g/mol. The molecule has 0 spiro atoms. The summed E-state index contributed by atoms with van der Waals surface area (Å²) in [6.45, 7) is 0. The molecule has 0 saturated heterocycles. The number of rotatable bonds is 3. The highest BCUT2D eigenvalue weighted by Gasteiger charge is 2.43. The van der Waals surface area contributed by atoms with E-state index in [0.29, 0.717) is 5.56 Å². The lowest BCUT2D eigenvalue weighted by Crippen LogP contribution is -2.39. The summed E-state index contributed by atoms with van der Waals surface area (Å²) in [4.78, 5) is 32.9. The summed E-state index contributed by atoms with van der Waals surface area (Å²) in [6, 6.07) is 5.55. The third kappa shape index (κ3) is 2.33. The van der Waals surface area contributed by atoms with Crippen LogP contribution in [-0.2, 0) is 15.0 Å². The third-order valence-electron chi connectivity index (χ3n) is 3.70. The van der Waals surface area contributed by atoms with Gasteiger partial charge in [-0.05, 0) is 18.4 Å². The number of Topliss-reactive ketones (excluding diaryl/α,β-unsaturated/α-hetero) is 1. The number of carbonyl (C=O) groups excluding carboxylic acids is 1. The summed E-state index contributed by atoms with van der Waals surface area (Å²) in [6.07, 6.45) is 0.977. The number of ketones is 1. The maximum Gasteiger partial charge on any atom is 0.314 e. The van der Waals surface area contributed by atoms with Crippen molar-refractivity contribution >= 4 is 17.4 Å². The first kappa shape index (κ1) is 13.2. The molecule has 6 heteroatoms. The van der Waals surface area contributed by atoms with E-state index in [0.717, 1.165) is 0 Å². The van der Waals surface area contributed by atoms with Crippen LogP contribution in [0, 0.1) is 10.1 Å². The van der Waals surface area contributed by atoms with E-state index in [9.17, 15) is 24.8 Å². The van der Waals surface area contributed by atoms with Crippen LogP contribution in [0.1, 0.15) is 31.2 Å². The van der Waals surface area contributed by atoms with Crippen LogP contribution in [0.2, 0.25) is 0 Å². The molecule has 100 valence electrons. The molecule has 0 amide bonds. The van der Waals surface area contributed by atoms with Crippen LogP contribution in [0.4, 0.5) is 5.69 Å².